The van der Waals surface area contributed by atoms with Gasteiger partial charge in [0, 0.05) is 18.8 Å². The average Bonchev–Trinajstić information content (AvgIpc) is 3.07. The van der Waals surface area contributed by atoms with E-state index >= 15 is 0 Å². The smallest absolute Gasteiger partial charge is 0.238 e. The molecule has 0 unspecified atom stereocenters. The number of benzene rings is 1. The van der Waals surface area contributed by atoms with Gasteiger partial charge in [-0.2, -0.15) is 0 Å². The fraction of sp³-hybridized carbons (Fsp3) is 0.579. The number of likely N-dealkylation sites (tertiary alicyclic amines) is 1. The predicted octanol–water partition coefficient (Wildman–Crippen LogP) is 1.68. The van der Waals surface area contributed by atoms with E-state index in [1.807, 2.05) is 19.1 Å². The van der Waals surface area contributed by atoms with Crippen molar-refractivity contribution in [3.05, 3.63) is 29.8 Å². The number of anilines is 1. The lowest BCUT2D eigenvalue weighted by Crippen LogP contribution is -2.39. The first kappa shape index (κ1) is 19.4. The molecule has 1 aliphatic rings. The van der Waals surface area contributed by atoms with Crippen LogP contribution in [0.1, 0.15) is 31.7 Å². The van der Waals surface area contributed by atoms with E-state index in [-0.39, 0.29) is 24.9 Å². The van der Waals surface area contributed by atoms with Gasteiger partial charge in [-0.25, -0.2) is 0 Å². The predicted molar refractivity (Wildman–Crippen MR) is 100 cm³/mol. The number of amides is 2. The fourth-order valence-corrected chi connectivity index (χ4v) is 2.96. The molecule has 1 aromatic carbocycles. The zero-order valence-electron chi connectivity index (χ0n) is 15.4. The largest absolute Gasteiger partial charge is 0.355 e. The first-order valence-electron chi connectivity index (χ1n) is 9.13. The van der Waals surface area contributed by atoms with Crippen molar-refractivity contribution in [1.82, 2.24) is 15.1 Å². The van der Waals surface area contributed by atoms with E-state index in [0.717, 1.165) is 18.7 Å². The molecular weight excluding hydrogens is 316 g/mol. The lowest BCUT2D eigenvalue weighted by atomic mass is 10.2. The molecular formula is C19H30N4O2. The van der Waals surface area contributed by atoms with E-state index in [0.29, 0.717) is 6.54 Å². The first-order valence-corrected chi connectivity index (χ1v) is 9.13. The highest BCUT2D eigenvalue weighted by atomic mass is 16.2. The molecule has 2 N–H and O–H groups in total. The van der Waals surface area contributed by atoms with Gasteiger partial charge in [0.1, 0.15) is 0 Å². The molecule has 6 heteroatoms. The van der Waals surface area contributed by atoms with Gasteiger partial charge in [-0.3, -0.25) is 19.4 Å². The first-order chi connectivity index (χ1) is 12.1. The molecule has 1 fully saturated rings. The summed E-state index contributed by atoms with van der Waals surface area (Å²) >= 11 is 0. The van der Waals surface area contributed by atoms with E-state index < -0.39 is 0 Å². The Bertz CT molecular complexity index is 553. The molecule has 25 heavy (non-hydrogen) atoms. The summed E-state index contributed by atoms with van der Waals surface area (Å²) in [6.07, 6.45) is 3.49. The Hall–Kier alpha value is -1.92. The molecule has 0 bridgehead atoms. The number of nitrogens with zero attached hydrogens (tertiary/aromatic N) is 2. The molecule has 1 aromatic rings. The summed E-state index contributed by atoms with van der Waals surface area (Å²) in [5.74, 6) is -0.165. The van der Waals surface area contributed by atoms with Crippen LogP contribution in [0.5, 0.6) is 0 Å². The van der Waals surface area contributed by atoms with Gasteiger partial charge >= 0.3 is 0 Å². The second-order valence-corrected chi connectivity index (χ2v) is 6.75. The second-order valence-electron chi connectivity index (χ2n) is 6.75. The maximum atomic E-state index is 12.1. The molecule has 0 radical (unpaired) electrons. The van der Waals surface area contributed by atoms with Crippen LogP contribution in [0.15, 0.2) is 24.3 Å². The number of rotatable bonds is 9. The number of carbonyl (C=O) groups excluding carboxylic acids is 2. The fourth-order valence-electron chi connectivity index (χ4n) is 2.96. The number of carbonyl (C=O) groups is 2. The molecule has 6 nitrogen and oxygen atoms in total. The van der Waals surface area contributed by atoms with Crippen LogP contribution in [0, 0.1) is 0 Å². The van der Waals surface area contributed by atoms with Crippen LogP contribution in [-0.4, -0.2) is 61.4 Å². The van der Waals surface area contributed by atoms with Crippen molar-refractivity contribution in [1.29, 1.82) is 0 Å². The third-order valence-electron chi connectivity index (χ3n) is 4.24. The van der Waals surface area contributed by atoms with Crippen molar-refractivity contribution >= 4 is 17.5 Å². The molecule has 0 saturated carbocycles. The monoisotopic (exact) mass is 346 g/mol. The maximum absolute atomic E-state index is 12.1. The summed E-state index contributed by atoms with van der Waals surface area (Å²) in [5.41, 5.74) is 2.06. The van der Waals surface area contributed by atoms with Crippen LogP contribution >= 0.6 is 0 Å². The summed E-state index contributed by atoms with van der Waals surface area (Å²) in [7, 11) is 1.77. The summed E-state index contributed by atoms with van der Waals surface area (Å²) < 4.78 is 0. The van der Waals surface area contributed by atoms with E-state index in [4.69, 9.17) is 0 Å². The third kappa shape index (κ3) is 7.23. The van der Waals surface area contributed by atoms with E-state index in [1.54, 1.807) is 11.9 Å². The molecule has 1 heterocycles. The van der Waals surface area contributed by atoms with Crippen molar-refractivity contribution in [2.75, 3.05) is 45.1 Å². The lowest BCUT2D eigenvalue weighted by Gasteiger charge is -2.16. The molecule has 138 valence electrons. The van der Waals surface area contributed by atoms with Gasteiger partial charge in [0.25, 0.3) is 0 Å². The van der Waals surface area contributed by atoms with Gasteiger partial charge in [-0.1, -0.05) is 19.1 Å². The summed E-state index contributed by atoms with van der Waals surface area (Å²) in [4.78, 5) is 27.9. The third-order valence-corrected chi connectivity index (χ3v) is 4.24. The van der Waals surface area contributed by atoms with Crippen LogP contribution < -0.4 is 10.6 Å². The van der Waals surface area contributed by atoms with Crippen molar-refractivity contribution in [2.24, 2.45) is 0 Å². The molecule has 2 rings (SSSR count). The second kappa shape index (κ2) is 10.2. The van der Waals surface area contributed by atoms with Gasteiger partial charge in [-0.05, 0) is 57.1 Å². The van der Waals surface area contributed by atoms with Crippen LogP contribution in [0.4, 0.5) is 5.69 Å². The molecule has 1 aliphatic heterocycles. The minimum atomic E-state index is -0.113. The number of nitrogens with one attached hydrogen (secondary N) is 2. The van der Waals surface area contributed by atoms with E-state index in [2.05, 4.69) is 27.7 Å². The average molecular weight is 346 g/mol. The zero-order valence-corrected chi connectivity index (χ0v) is 15.4. The molecule has 0 aromatic heterocycles. The van der Waals surface area contributed by atoms with Crippen LogP contribution in [-0.2, 0) is 16.1 Å². The SMILES string of the molecule is CCCNC(=O)CN(C)CC(=O)Nc1ccc(CN2CCCC2)cc1. The molecule has 0 aliphatic carbocycles. The minimum Gasteiger partial charge on any atom is -0.355 e. The van der Waals surface area contributed by atoms with Crippen molar-refractivity contribution in [2.45, 2.75) is 32.7 Å². The van der Waals surface area contributed by atoms with Gasteiger partial charge in [-0.15, -0.1) is 0 Å². The molecule has 2 amide bonds. The van der Waals surface area contributed by atoms with Gasteiger partial charge in [0.15, 0.2) is 0 Å². The summed E-state index contributed by atoms with van der Waals surface area (Å²) in [5, 5.41) is 5.69. The normalized spacial score (nSPS) is 14.7. The Balaban J connectivity index is 1.73. The maximum Gasteiger partial charge on any atom is 0.238 e. The quantitative estimate of drug-likeness (QED) is 0.714. The Kier molecular flexibility index (Phi) is 7.88. The van der Waals surface area contributed by atoms with Gasteiger partial charge < -0.3 is 10.6 Å². The standard InChI is InChI=1S/C19H30N4O2/c1-3-10-20-18(24)14-22(2)15-19(25)21-17-8-6-16(7-9-17)13-23-11-4-5-12-23/h6-9H,3-5,10-15H2,1-2H3,(H,20,24)(H,21,25). The van der Waals surface area contributed by atoms with Gasteiger partial charge in [0.2, 0.25) is 11.8 Å². The van der Waals surface area contributed by atoms with Crippen molar-refractivity contribution in [3.8, 4) is 0 Å². The Morgan fingerprint density at radius 3 is 2.36 bits per heavy atom. The topological polar surface area (TPSA) is 64.7 Å². The minimum absolute atomic E-state index is 0.0524. The number of likely N-dealkylation sites (N-methyl/N-ethyl adjacent to an activating group) is 1. The van der Waals surface area contributed by atoms with Crippen LogP contribution in [0.25, 0.3) is 0 Å². The Morgan fingerprint density at radius 2 is 1.72 bits per heavy atom. The lowest BCUT2D eigenvalue weighted by molar-refractivity contribution is -0.122. The molecule has 1 saturated heterocycles. The highest BCUT2D eigenvalue weighted by molar-refractivity contribution is 5.92. The number of hydrogen-bond donors (Lipinski definition) is 2. The highest BCUT2D eigenvalue weighted by Gasteiger charge is 2.12. The summed E-state index contributed by atoms with van der Waals surface area (Å²) in [6.45, 7) is 6.42. The van der Waals surface area contributed by atoms with Gasteiger partial charge in [0.05, 0.1) is 13.1 Å². The van der Waals surface area contributed by atoms with E-state index in [9.17, 15) is 9.59 Å². The number of hydrogen-bond acceptors (Lipinski definition) is 4. The van der Waals surface area contributed by atoms with Crippen LogP contribution in [0.3, 0.4) is 0 Å². The Labute approximate surface area is 150 Å². The Morgan fingerprint density at radius 1 is 1.08 bits per heavy atom. The van der Waals surface area contributed by atoms with Crippen molar-refractivity contribution < 1.29 is 9.59 Å². The molecule has 0 atom stereocenters. The van der Waals surface area contributed by atoms with Crippen molar-refractivity contribution in [3.63, 3.8) is 0 Å². The zero-order chi connectivity index (χ0) is 18.1. The van der Waals surface area contributed by atoms with E-state index in [1.165, 1.54) is 31.5 Å². The summed E-state index contributed by atoms with van der Waals surface area (Å²) in [6, 6.07) is 8.01. The molecule has 0 spiro atoms. The highest BCUT2D eigenvalue weighted by Crippen LogP contribution is 2.15. The van der Waals surface area contributed by atoms with Crippen LogP contribution in [0.2, 0.25) is 0 Å².